The number of rotatable bonds is 5. The van der Waals surface area contributed by atoms with Crippen molar-refractivity contribution in [2.75, 3.05) is 11.9 Å². The lowest BCUT2D eigenvalue weighted by atomic mass is 10.4. The van der Waals surface area contributed by atoms with Crippen LogP contribution in [0.1, 0.15) is 31.7 Å². The summed E-state index contributed by atoms with van der Waals surface area (Å²) in [5, 5.41) is 13.0. The van der Waals surface area contributed by atoms with E-state index in [-0.39, 0.29) is 24.5 Å². The first-order chi connectivity index (χ1) is 7.65. The lowest BCUT2D eigenvalue weighted by Crippen LogP contribution is -2.31. The molecule has 1 fully saturated rings. The zero-order chi connectivity index (χ0) is 11.5. The van der Waals surface area contributed by atoms with Crippen molar-refractivity contribution in [2.45, 2.75) is 31.8 Å². The molecule has 7 heteroatoms. The number of carbonyl (C=O) groups excluding carboxylic acids is 1. The minimum Gasteiger partial charge on any atom is -0.406 e. The van der Waals surface area contributed by atoms with Gasteiger partial charge in [0.05, 0.1) is 12.6 Å². The van der Waals surface area contributed by atoms with Crippen molar-refractivity contribution < 1.29 is 9.21 Å². The Kier molecular flexibility index (Phi) is 3.04. The standard InChI is InChI=1S/C9H15N5O2/c1-5(10)8-13-14-9(16-8)11-4-7(15)12-6-2-3-6/h5-6H,2-4,10H2,1H3,(H,11,14)(H,12,15). The van der Waals surface area contributed by atoms with Crippen molar-refractivity contribution in [3.8, 4) is 0 Å². The first-order valence-corrected chi connectivity index (χ1v) is 5.27. The van der Waals surface area contributed by atoms with Gasteiger partial charge < -0.3 is 20.8 Å². The van der Waals surface area contributed by atoms with Gasteiger partial charge in [-0.25, -0.2) is 0 Å². The highest BCUT2D eigenvalue weighted by molar-refractivity contribution is 5.80. The van der Waals surface area contributed by atoms with Crippen LogP contribution in [0.5, 0.6) is 0 Å². The van der Waals surface area contributed by atoms with E-state index in [4.69, 9.17) is 10.2 Å². The zero-order valence-corrected chi connectivity index (χ0v) is 9.06. The summed E-state index contributed by atoms with van der Waals surface area (Å²) < 4.78 is 5.18. The molecule has 1 unspecified atom stereocenters. The molecule has 7 nitrogen and oxygen atoms in total. The Morgan fingerprint density at radius 1 is 1.62 bits per heavy atom. The van der Waals surface area contributed by atoms with Gasteiger partial charge in [-0.05, 0) is 19.8 Å². The first kappa shape index (κ1) is 10.9. The molecule has 0 aromatic carbocycles. The van der Waals surface area contributed by atoms with E-state index < -0.39 is 0 Å². The van der Waals surface area contributed by atoms with Crippen LogP contribution in [0.25, 0.3) is 0 Å². The molecule has 1 heterocycles. The molecule has 1 amide bonds. The second-order valence-corrected chi connectivity index (χ2v) is 3.93. The summed E-state index contributed by atoms with van der Waals surface area (Å²) in [5.74, 6) is 0.285. The molecule has 88 valence electrons. The fourth-order valence-electron chi connectivity index (χ4n) is 1.15. The van der Waals surface area contributed by atoms with Gasteiger partial charge in [0.2, 0.25) is 11.8 Å². The van der Waals surface area contributed by atoms with Crippen LogP contribution in [0.2, 0.25) is 0 Å². The van der Waals surface area contributed by atoms with Gasteiger partial charge in [-0.3, -0.25) is 4.79 Å². The van der Waals surface area contributed by atoms with Crippen LogP contribution in [0.15, 0.2) is 4.42 Å². The Bertz CT molecular complexity index is 372. The van der Waals surface area contributed by atoms with Crippen molar-refractivity contribution >= 4 is 11.9 Å². The Balaban J connectivity index is 1.77. The van der Waals surface area contributed by atoms with Crippen LogP contribution in [0.4, 0.5) is 6.01 Å². The monoisotopic (exact) mass is 225 g/mol. The van der Waals surface area contributed by atoms with E-state index in [0.29, 0.717) is 11.9 Å². The number of aromatic nitrogens is 2. The van der Waals surface area contributed by atoms with Crippen LogP contribution in [-0.2, 0) is 4.79 Å². The Hall–Kier alpha value is -1.63. The van der Waals surface area contributed by atoms with Crippen molar-refractivity contribution in [3.05, 3.63) is 5.89 Å². The maximum absolute atomic E-state index is 11.3. The average Bonchev–Trinajstić information content (AvgIpc) is 2.91. The molecule has 4 N–H and O–H groups in total. The highest BCUT2D eigenvalue weighted by Crippen LogP contribution is 2.18. The first-order valence-electron chi connectivity index (χ1n) is 5.27. The molecule has 1 aliphatic carbocycles. The molecular weight excluding hydrogens is 210 g/mol. The molecule has 16 heavy (non-hydrogen) atoms. The Labute approximate surface area is 92.8 Å². The molecule has 0 radical (unpaired) electrons. The highest BCUT2D eigenvalue weighted by Gasteiger charge is 2.23. The molecule has 1 aliphatic rings. The molecule has 0 spiro atoms. The summed E-state index contributed by atoms with van der Waals surface area (Å²) in [4.78, 5) is 11.3. The number of nitrogens with zero attached hydrogens (tertiary/aromatic N) is 2. The third kappa shape index (κ3) is 2.93. The molecular formula is C9H15N5O2. The number of hydrogen-bond donors (Lipinski definition) is 3. The number of amides is 1. The lowest BCUT2D eigenvalue weighted by molar-refractivity contribution is -0.119. The van der Waals surface area contributed by atoms with E-state index in [1.54, 1.807) is 6.92 Å². The summed E-state index contributed by atoms with van der Waals surface area (Å²) in [6, 6.07) is 0.276. The molecule has 0 bridgehead atoms. The topological polar surface area (TPSA) is 106 Å². The Morgan fingerprint density at radius 2 is 2.38 bits per heavy atom. The summed E-state index contributed by atoms with van der Waals surface area (Å²) >= 11 is 0. The Morgan fingerprint density at radius 3 is 2.94 bits per heavy atom. The van der Waals surface area contributed by atoms with E-state index in [0.717, 1.165) is 12.8 Å². The van der Waals surface area contributed by atoms with E-state index in [1.165, 1.54) is 0 Å². The van der Waals surface area contributed by atoms with Crippen molar-refractivity contribution in [1.82, 2.24) is 15.5 Å². The van der Waals surface area contributed by atoms with E-state index >= 15 is 0 Å². The SMILES string of the molecule is CC(N)c1nnc(NCC(=O)NC2CC2)o1. The normalized spacial score (nSPS) is 16.9. The van der Waals surface area contributed by atoms with Gasteiger partial charge in [0.1, 0.15) is 0 Å². The smallest absolute Gasteiger partial charge is 0.315 e. The fraction of sp³-hybridized carbons (Fsp3) is 0.667. The van der Waals surface area contributed by atoms with E-state index in [2.05, 4.69) is 20.8 Å². The molecule has 1 atom stereocenters. The number of carbonyl (C=O) groups is 1. The quantitative estimate of drug-likeness (QED) is 0.639. The third-order valence-corrected chi connectivity index (χ3v) is 2.17. The van der Waals surface area contributed by atoms with Crippen molar-refractivity contribution in [1.29, 1.82) is 0 Å². The van der Waals surface area contributed by atoms with Crippen molar-refractivity contribution in [3.63, 3.8) is 0 Å². The maximum Gasteiger partial charge on any atom is 0.315 e. The zero-order valence-electron chi connectivity index (χ0n) is 9.06. The lowest BCUT2D eigenvalue weighted by Gasteiger charge is -2.02. The van der Waals surface area contributed by atoms with Gasteiger partial charge in [0.25, 0.3) is 0 Å². The van der Waals surface area contributed by atoms with E-state index in [9.17, 15) is 4.79 Å². The van der Waals surface area contributed by atoms with Crippen molar-refractivity contribution in [2.24, 2.45) is 5.73 Å². The largest absolute Gasteiger partial charge is 0.406 e. The fourth-order valence-corrected chi connectivity index (χ4v) is 1.15. The van der Waals surface area contributed by atoms with Gasteiger partial charge in [-0.1, -0.05) is 5.10 Å². The minimum absolute atomic E-state index is 0.0666. The third-order valence-electron chi connectivity index (χ3n) is 2.17. The summed E-state index contributed by atoms with van der Waals surface area (Å²) in [6.45, 7) is 1.88. The van der Waals surface area contributed by atoms with Crippen LogP contribution in [-0.4, -0.2) is 28.7 Å². The van der Waals surface area contributed by atoms with Gasteiger partial charge in [0, 0.05) is 6.04 Å². The number of nitrogens with one attached hydrogen (secondary N) is 2. The molecule has 1 aromatic heterocycles. The average molecular weight is 225 g/mol. The van der Waals surface area contributed by atoms with Crippen LogP contribution < -0.4 is 16.4 Å². The van der Waals surface area contributed by atoms with Gasteiger partial charge in [-0.15, -0.1) is 5.10 Å². The molecule has 0 saturated heterocycles. The van der Waals surface area contributed by atoms with Crippen LogP contribution in [0.3, 0.4) is 0 Å². The second kappa shape index (κ2) is 4.48. The van der Waals surface area contributed by atoms with Gasteiger partial charge >= 0.3 is 6.01 Å². The molecule has 1 saturated carbocycles. The molecule has 1 aromatic rings. The number of hydrogen-bond acceptors (Lipinski definition) is 6. The molecule has 2 rings (SSSR count). The maximum atomic E-state index is 11.3. The van der Waals surface area contributed by atoms with Crippen LogP contribution in [0, 0.1) is 0 Å². The van der Waals surface area contributed by atoms with E-state index in [1.807, 2.05) is 0 Å². The predicted molar refractivity (Wildman–Crippen MR) is 56.6 cm³/mol. The van der Waals surface area contributed by atoms with Crippen LogP contribution >= 0.6 is 0 Å². The second-order valence-electron chi connectivity index (χ2n) is 3.93. The van der Waals surface area contributed by atoms with Gasteiger partial charge in [0.15, 0.2) is 0 Å². The summed E-state index contributed by atoms with van der Waals surface area (Å²) in [6.07, 6.45) is 2.14. The highest BCUT2D eigenvalue weighted by atomic mass is 16.4. The summed E-state index contributed by atoms with van der Waals surface area (Å²) in [5.41, 5.74) is 5.55. The molecule has 0 aliphatic heterocycles. The minimum atomic E-state index is -0.302. The summed E-state index contributed by atoms with van der Waals surface area (Å²) in [7, 11) is 0. The number of anilines is 1. The van der Waals surface area contributed by atoms with Gasteiger partial charge in [-0.2, -0.15) is 0 Å². The predicted octanol–water partition coefficient (Wildman–Crippen LogP) is -0.220. The number of nitrogens with two attached hydrogens (primary N) is 1.